The second kappa shape index (κ2) is 6.14. The average molecular weight is 320 g/mol. The van der Waals surface area contributed by atoms with E-state index in [-0.39, 0.29) is 5.82 Å². The van der Waals surface area contributed by atoms with Gasteiger partial charge in [-0.25, -0.2) is 4.79 Å². The summed E-state index contributed by atoms with van der Waals surface area (Å²) in [5.41, 5.74) is 5.25. The molecule has 0 aliphatic carbocycles. The second-order valence-corrected chi connectivity index (χ2v) is 5.31. The quantitative estimate of drug-likeness (QED) is 0.480. The van der Waals surface area contributed by atoms with Crippen LogP contribution in [0.5, 0.6) is 0 Å². The molecule has 1 fully saturated rings. The molecule has 10 nitrogen and oxygen atoms in total. The molecule has 1 aromatic rings. The molecule has 0 amide bonds. The van der Waals surface area contributed by atoms with Crippen LogP contribution in [0, 0.1) is 6.92 Å². The zero-order valence-electron chi connectivity index (χ0n) is 11.0. The van der Waals surface area contributed by atoms with Crippen molar-refractivity contribution in [2.45, 2.75) is 31.5 Å². The van der Waals surface area contributed by atoms with Gasteiger partial charge >= 0.3 is 13.9 Å². The minimum atomic E-state index is -2.85. The summed E-state index contributed by atoms with van der Waals surface area (Å²) in [7, 11) is -2.85. The Balaban J connectivity index is 2.23. The smallest absolute Gasteiger partial charge is 0.387 e. The van der Waals surface area contributed by atoms with Crippen molar-refractivity contribution >= 4 is 14.1 Å². The highest BCUT2D eigenvalue weighted by Crippen LogP contribution is 2.30. The molecule has 116 valence electrons. The summed E-state index contributed by atoms with van der Waals surface area (Å²) in [4.78, 5) is 23.9. The number of aryl methyl sites for hydroxylation is 1. The predicted octanol–water partition coefficient (Wildman–Crippen LogP) is -1.58. The maximum atomic E-state index is 11.8. The maximum Gasteiger partial charge on any atom is 0.694 e. The third-order valence-electron chi connectivity index (χ3n) is 3.13. The van der Waals surface area contributed by atoms with Crippen LogP contribution in [-0.4, -0.2) is 49.6 Å². The highest BCUT2D eigenvalue weighted by atomic mass is 31.1. The molecule has 2 heterocycles. The zero-order valence-corrected chi connectivity index (χ0v) is 11.9. The van der Waals surface area contributed by atoms with Crippen molar-refractivity contribution < 1.29 is 28.9 Å². The van der Waals surface area contributed by atoms with Gasteiger partial charge in [-0.3, -0.25) is 4.57 Å². The van der Waals surface area contributed by atoms with Crippen LogP contribution >= 0.6 is 8.25 Å². The van der Waals surface area contributed by atoms with E-state index in [9.17, 15) is 19.6 Å². The number of ether oxygens (including phenoxy) is 1. The van der Waals surface area contributed by atoms with Gasteiger partial charge in [0.25, 0.3) is 0 Å². The van der Waals surface area contributed by atoms with E-state index >= 15 is 0 Å². The summed E-state index contributed by atoms with van der Waals surface area (Å²) in [5, 5.41) is 19.8. The lowest BCUT2D eigenvalue weighted by Crippen LogP contribution is -2.36. The molecule has 21 heavy (non-hydrogen) atoms. The standard InChI is InChI=1S/C10H14N3O7P/c1-4-2-13(10(16)12-8(4)11)9-7(15)6(14)5(20-9)3-19-21(17)18/h2,5-7,9,14-15H,3H2,1H3,(H2-,11,12,16,17,18)/p+1/t5-,6-,7-,9-/m1/s1. The number of aliphatic hydroxyl groups excluding tert-OH is 2. The van der Waals surface area contributed by atoms with Gasteiger partial charge in [-0.15, -0.1) is 9.42 Å². The zero-order chi connectivity index (χ0) is 15.7. The van der Waals surface area contributed by atoms with E-state index in [1.165, 1.54) is 6.20 Å². The molecular weight excluding hydrogens is 305 g/mol. The van der Waals surface area contributed by atoms with Crippen LogP contribution in [0.15, 0.2) is 11.0 Å². The number of nitrogens with two attached hydrogens (primary N) is 1. The molecule has 0 saturated carbocycles. The Labute approximate surface area is 119 Å². The summed E-state index contributed by atoms with van der Waals surface area (Å²) in [6.45, 7) is 1.21. The molecule has 0 radical (unpaired) electrons. The number of nitrogens with zero attached hydrogens (tertiary/aromatic N) is 2. The first-order chi connectivity index (χ1) is 9.81. The third-order valence-corrected chi connectivity index (χ3v) is 3.50. The van der Waals surface area contributed by atoms with Crippen LogP contribution in [0.3, 0.4) is 0 Å². The largest absolute Gasteiger partial charge is 0.694 e. The minimum Gasteiger partial charge on any atom is -0.387 e. The fourth-order valence-corrected chi connectivity index (χ4v) is 2.27. The van der Waals surface area contributed by atoms with Crippen molar-refractivity contribution in [2.24, 2.45) is 0 Å². The molecule has 1 aliphatic heterocycles. The van der Waals surface area contributed by atoms with Gasteiger partial charge in [0.1, 0.15) is 30.7 Å². The molecule has 0 bridgehead atoms. The molecule has 0 spiro atoms. The van der Waals surface area contributed by atoms with E-state index in [4.69, 9.17) is 15.4 Å². The van der Waals surface area contributed by atoms with Crippen LogP contribution in [0.1, 0.15) is 11.8 Å². The summed E-state index contributed by atoms with van der Waals surface area (Å²) < 4.78 is 21.2. The molecule has 0 aromatic carbocycles. The van der Waals surface area contributed by atoms with E-state index in [0.29, 0.717) is 5.56 Å². The van der Waals surface area contributed by atoms with Crippen molar-refractivity contribution in [1.29, 1.82) is 0 Å². The first kappa shape index (κ1) is 16.0. The number of aromatic nitrogens is 2. The van der Waals surface area contributed by atoms with Crippen molar-refractivity contribution in [3.05, 3.63) is 22.2 Å². The second-order valence-electron chi connectivity index (χ2n) is 4.58. The number of rotatable bonds is 4. The lowest BCUT2D eigenvalue weighted by Gasteiger charge is -2.17. The Hall–Kier alpha value is -1.42. The van der Waals surface area contributed by atoms with E-state index in [1.54, 1.807) is 6.92 Å². The average Bonchev–Trinajstić information content (AvgIpc) is 2.68. The Kier molecular flexibility index (Phi) is 4.67. The van der Waals surface area contributed by atoms with Crippen LogP contribution < -0.4 is 11.4 Å². The molecule has 5 atom stereocenters. The highest BCUT2D eigenvalue weighted by molar-refractivity contribution is 7.32. The first-order valence-electron chi connectivity index (χ1n) is 5.97. The van der Waals surface area contributed by atoms with Crippen molar-refractivity contribution in [2.75, 3.05) is 12.3 Å². The summed E-state index contributed by atoms with van der Waals surface area (Å²) in [5.74, 6) is 0.0569. The molecule has 1 aromatic heterocycles. The molecule has 1 aliphatic rings. The SMILES string of the molecule is Cc1cn([C@@H]2O[C@H](CO[P+](=O)O)[C@@H](O)[C@H]2O)c(=O)nc1N. The van der Waals surface area contributed by atoms with Crippen molar-refractivity contribution in [1.82, 2.24) is 9.55 Å². The Morgan fingerprint density at radius 2 is 2.19 bits per heavy atom. The third kappa shape index (κ3) is 3.26. The van der Waals surface area contributed by atoms with Crippen LogP contribution in [-0.2, 0) is 13.8 Å². The van der Waals surface area contributed by atoms with Crippen LogP contribution in [0.2, 0.25) is 0 Å². The van der Waals surface area contributed by atoms with Gasteiger partial charge in [0.2, 0.25) is 0 Å². The predicted molar refractivity (Wildman–Crippen MR) is 69.3 cm³/mol. The van der Waals surface area contributed by atoms with E-state index in [0.717, 1.165) is 4.57 Å². The summed E-state index contributed by atoms with van der Waals surface area (Å²) in [6.07, 6.45) is -3.70. The topological polar surface area (TPSA) is 157 Å². The van der Waals surface area contributed by atoms with E-state index in [1.807, 2.05) is 0 Å². The van der Waals surface area contributed by atoms with Crippen LogP contribution in [0.25, 0.3) is 0 Å². The normalized spacial score (nSPS) is 29.6. The Bertz CT molecular complexity index is 607. The van der Waals surface area contributed by atoms with Gasteiger partial charge < -0.3 is 20.7 Å². The Morgan fingerprint density at radius 3 is 2.81 bits per heavy atom. The first-order valence-corrected chi connectivity index (χ1v) is 7.10. The van der Waals surface area contributed by atoms with Crippen LogP contribution in [0.4, 0.5) is 5.82 Å². The van der Waals surface area contributed by atoms with E-state index in [2.05, 4.69) is 9.51 Å². The number of aliphatic hydroxyl groups is 2. The van der Waals surface area contributed by atoms with Gasteiger partial charge in [0.05, 0.1) is 0 Å². The van der Waals surface area contributed by atoms with Gasteiger partial charge in [-0.1, -0.05) is 0 Å². The molecule has 2 rings (SSSR count). The molecule has 11 heteroatoms. The number of nitrogen functional groups attached to an aromatic ring is 1. The van der Waals surface area contributed by atoms with Crippen molar-refractivity contribution in [3.63, 3.8) is 0 Å². The van der Waals surface area contributed by atoms with Gasteiger partial charge in [0, 0.05) is 16.3 Å². The number of hydrogen-bond donors (Lipinski definition) is 4. The lowest BCUT2D eigenvalue weighted by atomic mass is 10.1. The minimum absolute atomic E-state index is 0.0569. The molecule has 5 N–H and O–H groups in total. The van der Waals surface area contributed by atoms with Gasteiger partial charge in [-0.2, -0.15) is 4.98 Å². The Morgan fingerprint density at radius 1 is 1.52 bits per heavy atom. The molecular formula is C10H15N3O7P+. The molecule has 1 saturated heterocycles. The fourth-order valence-electron chi connectivity index (χ4n) is 2.00. The van der Waals surface area contributed by atoms with Gasteiger partial charge in [-0.05, 0) is 6.92 Å². The van der Waals surface area contributed by atoms with Crippen molar-refractivity contribution in [3.8, 4) is 0 Å². The highest BCUT2D eigenvalue weighted by Gasteiger charge is 2.45. The fraction of sp³-hybridized carbons (Fsp3) is 0.600. The van der Waals surface area contributed by atoms with E-state index < -0.39 is 45.1 Å². The maximum absolute atomic E-state index is 11.8. The number of hydrogen-bond acceptors (Lipinski definition) is 8. The molecule has 1 unspecified atom stereocenters. The lowest BCUT2D eigenvalue weighted by molar-refractivity contribution is -0.0517. The number of anilines is 1. The summed E-state index contributed by atoms with van der Waals surface area (Å²) in [6, 6.07) is 0. The monoisotopic (exact) mass is 320 g/mol. The summed E-state index contributed by atoms with van der Waals surface area (Å²) >= 11 is 0. The van der Waals surface area contributed by atoms with Gasteiger partial charge in [0.15, 0.2) is 6.23 Å².